The minimum Gasteiger partial charge on any atom is -0.497 e. The monoisotopic (exact) mass is 254 g/mol. The highest BCUT2D eigenvalue weighted by Crippen LogP contribution is 2.28. The van der Waals surface area contributed by atoms with Gasteiger partial charge in [-0.05, 0) is 12.1 Å². The first-order valence-electron chi connectivity index (χ1n) is 4.89. The van der Waals surface area contributed by atoms with E-state index in [0.717, 1.165) is 5.56 Å². The molecule has 17 heavy (non-hydrogen) atoms. The van der Waals surface area contributed by atoms with Crippen LogP contribution in [0.15, 0.2) is 22.7 Å². The van der Waals surface area contributed by atoms with Crippen LogP contribution in [0, 0.1) is 0 Å². The summed E-state index contributed by atoms with van der Waals surface area (Å²) in [6.07, 6.45) is 0. The molecule has 0 bridgehead atoms. The number of halogens is 1. The van der Waals surface area contributed by atoms with Gasteiger partial charge in [-0.2, -0.15) is 4.98 Å². The molecule has 1 aromatic carbocycles. The van der Waals surface area contributed by atoms with Gasteiger partial charge in [0.2, 0.25) is 0 Å². The van der Waals surface area contributed by atoms with Crippen LogP contribution in [0.4, 0.5) is 0 Å². The fourth-order valence-electron chi connectivity index (χ4n) is 1.36. The molecule has 2 rings (SSSR count). The Morgan fingerprint density at radius 2 is 1.82 bits per heavy atom. The number of benzene rings is 1. The number of methoxy groups -OCH3 is 2. The molecule has 0 unspecified atom stereocenters. The molecule has 0 radical (unpaired) electrons. The minimum atomic E-state index is 0.213. The highest BCUT2D eigenvalue weighted by molar-refractivity contribution is 6.16. The van der Waals surface area contributed by atoms with E-state index in [2.05, 4.69) is 10.1 Å². The van der Waals surface area contributed by atoms with Crippen LogP contribution in [0.25, 0.3) is 11.5 Å². The van der Waals surface area contributed by atoms with E-state index in [1.54, 1.807) is 32.4 Å². The van der Waals surface area contributed by atoms with Crippen LogP contribution in [-0.2, 0) is 5.88 Å². The van der Waals surface area contributed by atoms with Crippen molar-refractivity contribution >= 4 is 11.6 Å². The van der Waals surface area contributed by atoms with Gasteiger partial charge in [-0.15, -0.1) is 11.6 Å². The molecule has 2 aromatic rings. The molecule has 0 spiro atoms. The van der Waals surface area contributed by atoms with Crippen LogP contribution in [0.3, 0.4) is 0 Å². The van der Waals surface area contributed by atoms with Crippen LogP contribution in [0.1, 0.15) is 5.82 Å². The molecular formula is C11H11ClN2O3. The predicted molar refractivity (Wildman–Crippen MR) is 62.4 cm³/mol. The van der Waals surface area contributed by atoms with Gasteiger partial charge in [0, 0.05) is 11.6 Å². The second kappa shape index (κ2) is 5.05. The summed E-state index contributed by atoms with van der Waals surface area (Å²) < 4.78 is 15.4. The summed E-state index contributed by atoms with van der Waals surface area (Å²) in [4.78, 5) is 4.13. The quantitative estimate of drug-likeness (QED) is 0.785. The largest absolute Gasteiger partial charge is 0.497 e. The number of aromatic nitrogens is 2. The van der Waals surface area contributed by atoms with Crippen LogP contribution in [-0.4, -0.2) is 24.4 Å². The number of ether oxygens (including phenoxy) is 2. The Labute approximate surface area is 103 Å². The van der Waals surface area contributed by atoms with E-state index in [9.17, 15) is 0 Å². The van der Waals surface area contributed by atoms with Gasteiger partial charge < -0.3 is 14.0 Å². The standard InChI is InChI=1S/C11H11ClN2O3/c1-15-8-3-7(4-9(5-8)16-2)11-13-10(6-12)14-17-11/h3-5H,6H2,1-2H3. The third-order valence-electron chi connectivity index (χ3n) is 2.19. The topological polar surface area (TPSA) is 57.4 Å². The van der Waals surface area contributed by atoms with Gasteiger partial charge in [-0.3, -0.25) is 0 Å². The summed E-state index contributed by atoms with van der Waals surface area (Å²) in [5.74, 6) is 2.36. The van der Waals surface area contributed by atoms with E-state index in [1.807, 2.05) is 0 Å². The van der Waals surface area contributed by atoms with Crippen molar-refractivity contribution in [2.75, 3.05) is 14.2 Å². The Kier molecular flexibility index (Phi) is 3.49. The fourth-order valence-corrected chi connectivity index (χ4v) is 1.46. The zero-order valence-corrected chi connectivity index (χ0v) is 10.2. The third-order valence-corrected chi connectivity index (χ3v) is 2.43. The Hall–Kier alpha value is -1.75. The van der Waals surface area contributed by atoms with E-state index in [1.165, 1.54) is 0 Å². The lowest BCUT2D eigenvalue weighted by molar-refractivity contribution is 0.393. The van der Waals surface area contributed by atoms with Gasteiger partial charge in [0.05, 0.1) is 20.1 Å². The zero-order chi connectivity index (χ0) is 12.3. The first-order valence-corrected chi connectivity index (χ1v) is 5.42. The van der Waals surface area contributed by atoms with Crippen molar-refractivity contribution in [3.8, 4) is 23.0 Å². The highest BCUT2D eigenvalue weighted by atomic mass is 35.5. The van der Waals surface area contributed by atoms with Crippen LogP contribution < -0.4 is 9.47 Å². The van der Waals surface area contributed by atoms with Crippen molar-refractivity contribution < 1.29 is 14.0 Å². The number of alkyl halides is 1. The maximum Gasteiger partial charge on any atom is 0.258 e. The minimum absolute atomic E-state index is 0.213. The SMILES string of the molecule is COc1cc(OC)cc(-c2nc(CCl)no2)c1. The molecule has 0 atom stereocenters. The Balaban J connectivity index is 2.43. The normalized spacial score (nSPS) is 10.3. The smallest absolute Gasteiger partial charge is 0.258 e. The molecule has 1 heterocycles. The van der Waals surface area contributed by atoms with Crippen LogP contribution >= 0.6 is 11.6 Å². The molecule has 6 heteroatoms. The number of rotatable bonds is 4. The lowest BCUT2D eigenvalue weighted by Gasteiger charge is -2.05. The second-order valence-corrected chi connectivity index (χ2v) is 3.52. The Morgan fingerprint density at radius 3 is 2.29 bits per heavy atom. The van der Waals surface area contributed by atoms with Gasteiger partial charge in [-0.1, -0.05) is 5.16 Å². The van der Waals surface area contributed by atoms with Gasteiger partial charge in [0.25, 0.3) is 5.89 Å². The van der Waals surface area contributed by atoms with Crippen molar-refractivity contribution in [1.82, 2.24) is 10.1 Å². The Morgan fingerprint density at radius 1 is 1.18 bits per heavy atom. The highest BCUT2D eigenvalue weighted by Gasteiger charge is 2.11. The van der Waals surface area contributed by atoms with Gasteiger partial charge in [0.15, 0.2) is 5.82 Å². The summed E-state index contributed by atoms with van der Waals surface area (Å²) in [6, 6.07) is 5.34. The molecule has 0 amide bonds. The summed E-state index contributed by atoms with van der Waals surface area (Å²) in [7, 11) is 3.16. The average molecular weight is 255 g/mol. The summed E-state index contributed by atoms with van der Waals surface area (Å²) >= 11 is 5.61. The average Bonchev–Trinajstić information content (AvgIpc) is 2.86. The first kappa shape index (κ1) is 11.7. The predicted octanol–water partition coefficient (Wildman–Crippen LogP) is 2.49. The van der Waals surface area contributed by atoms with E-state index in [-0.39, 0.29) is 5.88 Å². The molecule has 90 valence electrons. The van der Waals surface area contributed by atoms with Crippen molar-refractivity contribution in [2.45, 2.75) is 5.88 Å². The first-order chi connectivity index (χ1) is 8.26. The molecule has 0 aliphatic heterocycles. The van der Waals surface area contributed by atoms with E-state index < -0.39 is 0 Å². The van der Waals surface area contributed by atoms with Gasteiger partial charge >= 0.3 is 0 Å². The molecule has 5 nitrogen and oxygen atoms in total. The lowest BCUT2D eigenvalue weighted by Crippen LogP contribution is -1.89. The van der Waals surface area contributed by atoms with Crippen molar-refractivity contribution in [3.63, 3.8) is 0 Å². The molecular weight excluding hydrogens is 244 g/mol. The fraction of sp³-hybridized carbons (Fsp3) is 0.273. The summed E-state index contributed by atoms with van der Waals surface area (Å²) in [5, 5.41) is 3.72. The number of hydrogen-bond acceptors (Lipinski definition) is 5. The molecule has 0 N–H and O–H groups in total. The van der Waals surface area contributed by atoms with Crippen LogP contribution in [0.2, 0.25) is 0 Å². The van der Waals surface area contributed by atoms with Crippen molar-refractivity contribution in [1.29, 1.82) is 0 Å². The van der Waals surface area contributed by atoms with E-state index in [0.29, 0.717) is 23.2 Å². The number of nitrogens with zero attached hydrogens (tertiary/aromatic N) is 2. The Bertz CT molecular complexity index is 491. The van der Waals surface area contributed by atoms with E-state index >= 15 is 0 Å². The maximum atomic E-state index is 5.61. The second-order valence-electron chi connectivity index (χ2n) is 3.25. The van der Waals surface area contributed by atoms with Crippen molar-refractivity contribution in [2.24, 2.45) is 0 Å². The lowest BCUT2D eigenvalue weighted by atomic mass is 10.2. The number of hydrogen-bond donors (Lipinski definition) is 0. The summed E-state index contributed by atoms with van der Waals surface area (Å²) in [5.41, 5.74) is 0.727. The molecule has 0 saturated carbocycles. The summed E-state index contributed by atoms with van der Waals surface area (Å²) in [6.45, 7) is 0. The molecule has 0 fully saturated rings. The molecule has 0 aliphatic carbocycles. The van der Waals surface area contributed by atoms with Crippen LogP contribution in [0.5, 0.6) is 11.5 Å². The molecule has 0 aliphatic rings. The molecule has 0 saturated heterocycles. The molecule has 1 aromatic heterocycles. The zero-order valence-electron chi connectivity index (χ0n) is 9.44. The van der Waals surface area contributed by atoms with Gasteiger partial charge in [-0.25, -0.2) is 0 Å². The third kappa shape index (κ3) is 2.50. The van der Waals surface area contributed by atoms with Crippen molar-refractivity contribution in [3.05, 3.63) is 24.0 Å². The van der Waals surface area contributed by atoms with Gasteiger partial charge in [0.1, 0.15) is 11.5 Å². The van der Waals surface area contributed by atoms with E-state index in [4.69, 9.17) is 25.6 Å². The maximum absolute atomic E-state index is 5.61.